The summed E-state index contributed by atoms with van der Waals surface area (Å²) in [5.74, 6) is -1.29. The maximum Gasteiger partial charge on any atom is 0.310 e. The van der Waals surface area contributed by atoms with E-state index in [0.29, 0.717) is 0 Å². The Balaban J connectivity index is 4.91. The second kappa shape index (κ2) is 4.24. The van der Waals surface area contributed by atoms with E-state index in [4.69, 9.17) is 10.2 Å². The zero-order chi connectivity index (χ0) is 10.6. The van der Waals surface area contributed by atoms with Gasteiger partial charge in [0.15, 0.2) is 0 Å². The molecule has 0 unspecified atom stereocenters. The van der Waals surface area contributed by atoms with E-state index < -0.39 is 33.1 Å². The maximum absolute atomic E-state index is 10.8. The fourth-order valence-electron chi connectivity index (χ4n) is 0.638. The predicted octanol–water partition coefficient (Wildman–Crippen LogP) is -0.372. The zero-order valence-corrected chi connectivity index (χ0v) is 8.09. The molecule has 0 radical (unpaired) electrons. The largest absolute Gasteiger partial charge is 0.512 e. The smallest absolute Gasteiger partial charge is 0.310 e. The average molecular weight is 209 g/mol. The van der Waals surface area contributed by atoms with Crippen molar-refractivity contribution < 1.29 is 23.1 Å². The molecular formula is C6H11NO5S. The van der Waals surface area contributed by atoms with Crippen molar-refractivity contribution in [2.75, 3.05) is 7.11 Å². The van der Waals surface area contributed by atoms with E-state index in [1.165, 1.54) is 0 Å². The topological polar surface area (TPSA) is 107 Å². The van der Waals surface area contributed by atoms with E-state index in [-0.39, 0.29) is 0 Å². The number of methoxy groups -OCH3 is 1. The molecule has 0 aliphatic heterocycles. The third-order valence-electron chi connectivity index (χ3n) is 1.28. The molecule has 0 bridgehead atoms. The number of aliphatic hydroxyl groups is 1. The van der Waals surface area contributed by atoms with Crippen LogP contribution in [-0.4, -0.2) is 26.6 Å². The number of hydrogen-bond acceptors (Lipinski definition) is 5. The molecule has 76 valence electrons. The fraction of sp³-hybridized carbons (Fsp3) is 0.500. The van der Waals surface area contributed by atoms with Crippen molar-refractivity contribution in [2.45, 2.75) is 13.3 Å². The van der Waals surface area contributed by atoms with E-state index in [9.17, 15) is 13.2 Å². The average Bonchev–Trinajstić information content (AvgIpc) is 1.96. The van der Waals surface area contributed by atoms with Crippen molar-refractivity contribution in [3.8, 4) is 0 Å². The lowest BCUT2D eigenvalue weighted by Crippen LogP contribution is -2.19. The fourth-order valence-corrected chi connectivity index (χ4v) is 1.37. The van der Waals surface area contributed by atoms with Crippen LogP contribution in [0.2, 0.25) is 0 Å². The molecule has 0 rings (SSSR count). The third kappa shape index (κ3) is 3.90. The lowest BCUT2D eigenvalue weighted by Gasteiger charge is -2.04. The van der Waals surface area contributed by atoms with Gasteiger partial charge in [-0.3, -0.25) is 4.79 Å². The Hall–Kier alpha value is -1.08. The summed E-state index contributed by atoms with van der Waals surface area (Å²) in [5, 5.41) is 13.6. The maximum atomic E-state index is 10.8. The third-order valence-corrected chi connectivity index (χ3v) is 2.41. The van der Waals surface area contributed by atoms with Crippen LogP contribution in [0.25, 0.3) is 0 Å². The lowest BCUT2D eigenvalue weighted by molar-refractivity contribution is -0.139. The van der Waals surface area contributed by atoms with Gasteiger partial charge < -0.3 is 9.84 Å². The Morgan fingerprint density at radius 3 is 2.23 bits per heavy atom. The van der Waals surface area contributed by atoms with Gasteiger partial charge in [0.25, 0.3) is 0 Å². The lowest BCUT2D eigenvalue weighted by atomic mass is 10.3. The highest BCUT2D eigenvalue weighted by Gasteiger charge is 2.19. The molecule has 0 saturated carbocycles. The van der Waals surface area contributed by atoms with Crippen molar-refractivity contribution in [3.05, 3.63) is 10.7 Å². The van der Waals surface area contributed by atoms with Crippen LogP contribution < -0.4 is 5.14 Å². The molecule has 6 nitrogen and oxygen atoms in total. The van der Waals surface area contributed by atoms with Crippen molar-refractivity contribution in [3.63, 3.8) is 0 Å². The number of nitrogens with two attached hydrogens (primary N) is 1. The molecule has 0 fully saturated rings. The quantitative estimate of drug-likeness (QED) is 0.487. The minimum absolute atomic E-state index is 0.507. The van der Waals surface area contributed by atoms with Crippen LogP contribution in [0.1, 0.15) is 13.3 Å². The van der Waals surface area contributed by atoms with Crippen LogP contribution in [0.3, 0.4) is 0 Å². The van der Waals surface area contributed by atoms with Gasteiger partial charge in [-0.05, 0) is 6.92 Å². The minimum Gasteiger partial charge on any atom is -0.512 e. The molecule has 3 N–H and O–H groups in total. The summed E-state index contributed by atoms with van der Waals surface area (Å²) >= 11 is 0. The molecule has 0 aromatic carbocycles. The number of carbonyl (C=O) groups excluding carboxylic acids is 1. The summed E-state index contributed by atoms with van der Waals surface area (Å²) in [6, 6.07) is 0. The zero-order valence-electron chi connectivity index (χ0n) is 7.27. The molecule has 0 atom stereocenters. The van der Waals surface area contributed by atoms with Gasteiger partial charge in [-0.1, -0.05) is 0 Å². The highest BCUT2D eigenvalue weighted by Crippen LogP contribution is 2.12. The second-order valence-corrected chi connectivity index (χ2v) is 3.89. The van der Waals surface area contributed by atoms with Gasteiger partial charge in [-0.15, -0.1) is 0 Å². The molecule has 13 heavy (non-hydrogen) atoms. The van der Waals surface area contributed by atoms with Crippen LogP contribution in [0.4, 0.5) is 0 Å². The van der Waals surface area contributed by atoms with Gasteiger partial charge in [0.2, 0.25) is 10.0 Å². The Bertz CT molecular complexity index is 325. The number of carbonyl (C=O) groups is 1. The van der Waals surface area contributed by atoms with Crippen LogP contribution in [-0.2, 0) is 19.6 Å². The molecular weight excluding hydrogens is 198 g/mol. The monoisotopic (exact) mass is 209 g/mol. The van der Waals surface area contributed by atoms with Crippen LogP contribution in [0, 0.1) is 0 Å². The number of aliphatic hydroxyl groups excluding tert-OH is 1. The summed E-state index contributed by atoms with van der Waals surface area (Å²) in [5.41, 5.74) is 0. The summed E-state index contributed by atoms with van der Waals surface area (Å²) in [7, 11) is -2.93. The second-order valence-electron chi connectivity index (χ2n) is 2.31. The highest BCUT2D eigenvalue weighted by molar-refractivity contribution is 7.93. The first kappa shape index (κ1) is 11.9. The van der Waals surface area contributed by atoms with Gasteiger partial charge in [0, 0.05) is 0 Å². The summed E-state index contributed by atoms with van der Waals surface area (Å²) in [6.45, 7) is 1.13. The molecule has 0 amide bonds. The predicted molar refractivity (Wildman–Crippen MR) is 45.1 cm³/mol. The Labute approximate surface area is 76.0 Å². The first-order chi connectivity index (χ1) is 5.79. The highest BCUT2D eigenvalue weighted by atomic mass is 32.2. The van der Waals surface area contributed by atoms with Crippen molar-refractivity contribution in [2.24, 2.45) is 5.14 Å². The number of esters is 1. The van der Waals surface area contributed by atoms with Gasteiger partial charge in [0.05, 0.1) is 13.5 Å². The van der Waals surface area contributed by atoms with Gasteiger partial charge >= 0.3 is 5.97 Å². The van der Waals surface area contributed by atoms with Gasteiger partial charge in [-0.25, -0.2) is 13.6 Å². The standard InChI is InChI=1S/C6H11NO5S/c1-4(8)5(13(7,10)11)3-6(9)12-2/h8H,3H2,1-2H3,(H2,7,10,11)/b5-4+. The number of hydrogen-bond donors (Lipinski definition) is 2. The number of primary sulfonamides is 1. The normalized spacial score (nSPS) is 13.5. The molecule has 0 aromatic heterocycles. The van der Waals surface area contributed by atoms with Crippen LogP contribution in [0.5, 0.6) is 0 Å². The number of rotatable bonds is 3. The van der Waals surface area contributed by atoms with Crippen LogP contribution >= 0.6 is 0 Å². The van der Waals surface area contributed by atoms with E-state index >= 15 is 0 Å². The van der Waals surface area contributed by atoms with Crippen LogP contribution in [0.15, 0.2) is 10.7 Å². The van der Waals surface area contributed by atoms with Crippen molar-refractivity contribution in [1.29, 1.82) is 0 Å². The van der Waals surface area contributed by atoms with E-state index in [1.807, 2.05) is 0 Å². The molecule has 0 aliphatic carbocycles. The first-order valence-corrected chi connectivity index (χ1v) is 4.82. The number of sulfonamides is 1. The van der Waals surface area contributed by atoms with Crippen molar-refractivity contribution >= 4 is 16.0 Å². The van der Waals surface area contributed by atoms with Crippen molar-refractivity contribution in [1.82, 2.24) is 0 Å². The number of ether oxygens (including phenoxy) is 1. The molecule has 0 aromatic rings. The Morgan fingerprint density at radius 1 is 1.54 bits per heavy atom. The SMILES string of the molecule is COC(=O)C/C(=C(/C)O)S(N)(=O)=O. The van der Waals surface area contributed by atoms with E-state index in [0.717, 1.165) is 14.0 Å². The minimum atomic E-state index is -4.04. The molecule has 0 heterocycles. The van der Waals surface area contributed by atoms with Gasteiger partial charge in [-0.2, -0.15) is 0 Å². The Morgan fingerprint density at radius 2 is 2.00 bits per heavy atom. The summed E-state index contributed by atoms with van der Waals surface area (Å²) in [4.78, 5) is 10.2. The molecule has 7 heteroatoms. The summed E-state index contributed by atoms with van der Waals surface area (Å²) in [6.07, 6.45) is -0.558. The first-order valence-electron chi connectivity index (χ1n) is 3.27. The molecule has 0 aliphatic rings. The molecule has 0 spiro atoms. The van der Waals surface area contributed by atoms with E-state index in [1.54, 1.807) is 0 Å². The van der Waals surface area contributed by atoms with E-state index in [2.05, 4.69) is 4.74 Å². The van der Waals surface area contributed by atoms with Gasteiger partial charge in [0.1, 0.15) is 10.7 Å². The summed E-state index contributed by atoms with van der Waals surface area (Å²) < 4.78 is 25.8. The number of allylic oxidation sites excluding steroid dienone is 1. The Kier molecular flexibility index (Phi) is 3.89. The molecule has 0 saturated heterocycles.